The fraction of sp³-hybridized carbons (Fsp3) is 0.0833. The van der Waals surface area contributed by atoms with Crippen LogP contribution < -0.4 is 5.32 Å². The molecule has 112 valence electrons. The number of carbonyl (C=O) groups excluding carboxylic acids is 1. The van der Waals surface area contributed by atoms with Gasteiger partial charge in [0.15, 0.2) is 11.6 Å². The van der Waals surface area contributed by atoms with Gasteiger partial charge in [0.25, 0.3) is 16.0 Å². The van der Waals surface area contributed by atoms with E-state index in [9.17, 15) is 22.0 Å². The molecule has 1 heterocycles. The van der Waals surface area contributed by atoms with E-state index in [1.54, 1.807) is 0 Å². The summed E-state index contributed by atoms with van der Waals surface area (Å²) in [4.78, 5) is 11.5. The summed E-state index contributed by atoms with van der Waals surface area (Å²) in [5, 5.41) is 2.29. The lowest BCUT2D eigenvalue weighted by molar-refractivity contribution is 0.101. The van der Waals surface area contributed by atoms with Gasteiger partial charge in [0.1, 0.15) is 10.6 Å². The van der Waals surface area contributed by atoms with Gasteiger partial charge in [-0.25, -0.2) is 8.78 Å². The average molecular weight is 316 g/mol. The van der Waals surface area contributed by atoms with E-state index in [1.165, 1.54) is 11.6 Å². The number of hydrogen-bond donors (Lipinski definition) is 2. The summed E-state index contributed by atoms with van der Waals surface area (Å²) in [7, 11) is -3.04. The molecule has 0 radical (unpaired) electrons. The van der Waals surface area contributed by atoms with Crippen molar-refractivity contribution < 1.29 is 26.5 Å². The van der Waals surface area contributed by atoms with Gasteiger partial charge in [0, 0.05) is 25.0 Å². The molecular weight excluding hydrogens is 306 g/mol. The second-order valence-electron chi connectivity index (χ2n) is 4.23. The van der Waals surface area contributed by atoms with Crippen LogP contribution >= 0.6 is 0 Å². The molecule has 6 nitrogen and oxygen atoms in total. The van der Waals surface area contributed by atoms with Crippen LogP contribution in [0.1, 0.15) is 10.5 Å². The molecular formula is C12H10F2N2O4S. The first kappa shape index (κ1) is 15.1. The van der Waals surface area contributed by atoms with Crippen molar-refractivity contribution in [1.82, 2.24) is 4.57 Å². The highest BCUT2D eigenvalue weighted by molar-refractivity contribution is 7.85. The maximum absolute atomic E-state index is 13.0. The normalized spacial score (nSPS) is 11.4. The zero-order chi connectivity index (χ0) is 15.8. The predicted octanol–water partition coefficient (Wildman–Crippen LogP) is 1.80. The molecule has 2 rings (SSSR count). The van der Waals surface area contributed by atoms with Gasteiger partial charge in [-0.15, -0.1) is 0 Å². The zero-order valence-corrected chi connectivity index (χ0v) is 11.5. The van der Waals surface area contributed by atoms with Crippen LogP contribution in [0.2, 0.25) is 0 Å². The Morgan fingerprint density at radius 3 is 2.43 bits per heavy atom. The molecule has 21 heavy (non-hydrogen) atoms. The molecule has 1 aromatic carbocycles. The van der Waals surface area contributed by atoms with E-state index < -0.39 is 32.6 Å². The van der Waals surface area contributed by atoms with E-state index >= 15 is 0 Å². The van der Waals surface area contributed by atoms with Crippen molar-refractivity contribution in [3.63, 3.8) is 0 Å². The van der Waals surface area contributed by atoms with Crippen molar-refractivity contribution in [3.05, 3.63) is 47.8 Å². The maximum atomic E-state index is 13.0. The Labute approximate surface area is 118 Å². The number of hydrogen-bond acceptors (Lipinski definition) is 3. The first-order valence-corrected chi connectivity index (χ1v) is 7.03. The standard InChI is InChI=1S/C12H10F2N2O4S/c1-16-6-8(21(18,19)20)5-11(16)12(17)15-7-2-3-9(13)10(14)4-7/h2-6H,1H3,(H,15,17)(H,18,19,20). The molecule has 0 saturated heterocycles. The molecule has 0 saturated carbocycles. The topological polar surface area (TPSA) is 88.4 Å². The van der Waals surface area contributed by atoms with Crippen molar-refractivity contribution in [2.45, 2.75) is 4.90 Å². The van der Waals surface area contributed by atoms with Crippen LogP contribution in [0.3, 0.4) is 0 Å². The van der Waals surface area contributed by atoms with Crippen LogP contribution in [0.4, 0.5) is 14.5 Å². The van der Waals surface area contributed by atoms with Crippen LogP contribution in [-0.2, 0) is 17.2 Å². The quantitative estimate of drug-likeness (QED) is 0.845. The summed E-state index contributed by atoms with van der Waals surface area (Å²) in [5.41, 5.74) is -0.0686. The molecule has 0 atom stereocenters. The monoisotopic (exact) mass is 316 g/mol. The van der Waals surface area contributed by atoms with Crippen molar-refractivity contribution in [2.75, 3.05) is 5.32 Å². The molecule has 0 aliphatic rings. The number of rotatable bonds is 3. The van der Waals surface area contributed by atoms with E-state index in [2.05, 4.69) is 5.32 Å². The van der Waals surface area contributed by atoms with Gasteiger partial charge in [-0.1, -0.05) is 0 Å². The Hall–Kier alpha value is -2.26. The minimum absolute atomic E-state index is 0.00788. The number of nitrogens with one attached hydrogen (secondary N) is 1. The van der Waals surface area contributed by atoms with Crippen molar-refractivity contribution in [1.29, 1.82) is 0 Å². The third-order valence-electron chi connectivity index (χ3n) is 2.69. The number of amides is 1. The lowest BCUT2D eigenvalue weighted by atomic mass is 10.3. The number of benzene rings is 1. The maximum Gasteiger partial charge on any atom is 0.296 e. The molecule has 0 spiro atoms. The van der Waals surface area contributed by atoms with E-state index in [4.69, 9.17) is 4.55 Å². The SMILES string of the molecule is Cn1cc(S(=O)(=O)O)cc1C(=O)Nc1ccc(F)c(F)c1. The smallest absolute Gasteiger partial charge is 0.296 e. The number of anilines is 1. The molecule has 0 bridgehead atoms. The van der Waals surface area contributed by atoms with Crippen molar-refractivity contribution >= 4 is 21.7 Å². The van der Waals surface area contributed by atoms with E-state index in [0.29, 0.717) is 0 Å². The fourth-order valence-corrected chi connectivity index (χ4v) is 2.22. The minimum atomic E-state index is -4.43. The van der Waals surface area contributed by atoms with Gasteiger partial charge in [-0.05, 0) is 18.2 Å². The lowest BCUT2D eigenvalue weighted by Crippen LogP contribution is -2.15. The zero-order valence-electron chi connectivity index (χ0n) is 10.7. The summed E-state index contributed by atoms with van der Waals surface area (Å²) in [6, 6.07) is 3.76. The highest BCUT2D eigenvalue weighted by atomic mass is 32.2. The van der Waals surface area contributed by atoms with Crippen LogP contribution in [0.25, 0.3) is 0 Å². The van der Waals surface area contributed by atoms with Gasteiger partial charge in [0.2, 0.25) is 0 Å². The van der Waals surface area contributed by atoms with Crippen molar-refractivity contribution in [2.24, 2.45) is 7.05 Å². The molecule has 1 amide bonds. The van der Waals surface area contributed by atoms with Crippen LogP contribution in [0.15, 0.2) is 35.4 Å². The number of carbonyl (C=O) groups is 1. The van der Waals surface area contributed by atoms with Gasteiger partial charge < -0.3 is 9.88 Å². The van der Waals surface area contributed by atoms with Crippen LogP contribution in [0.5, 0.6) is 0 Å². The largest absolute Gasteiger partial charge is 0.345 e. The molecule has 0 aliphatic heterocycles. The molecule has 0 aliphatic carbocycles. The number of aromatic nitrogens is 1. The summed E-state index contributed by atoms with van der Waals surface area (Å²) >= 11 is 0. The lowest BCUT2D eigenvalue weighted by Gasteiger charge is -2.06. The Bertz CT molecular complexity index is 815. The Morgan fingerprint density at radius 1 is 1.24 bits per heavy atom. The first-order valence-electron chi connectivity index (χ1n) is 5.59. The van der Waals surface area contributed by atoms with E-state index in [1.807, 2.05) is 0 Å². The molecule has 2 N–H and O–H groups in total. The second-order valence-corrected chi connectivity index (χ2v) is 5.65. The molecule has 0 fully saturated rings. The molecule has 9 heteroatoms. The summed E-state index contributed by atoms with van der Waals surface area (Å²) in [6.45, 7) is 0. The predicted molar refractivity (Wildman–Crippen MR) is 69.5 cm³/mol. The Balaban J connectivity index is 2.28. The summed E-state index contributed by atoms with van der Waals surface area (Å²) in [5.74, 6) is -2.92. The van der Waals surface area contributed by atoms with E-state index in [0.717, 1.165) is 30.5 Å². The second kappa shape index (κ2) is 5.26. The summed E-state index contributed by atoms with van der Waals surface area (Å²) in [6.07, 6.45) is 1.05. The third kappa shape index (κ3) is 3.26. The van der Waals surface area contributed by atoms with Gasteiger partial charge >= 0.3 is 0 Å². The molecule has 1 aromatic heterocycles. The first-order chi connectivity index (χ1) is 9.68. The number of nitrogens with zero attached hydrogens (tertiary/aromatic N) is 1. The number of aryl methyl sites for hydroxylation is 1. The van der Waals surface area contributed by atoms with Crippen LogP contribution in [-0.4, -0.2) is 23.4 Å². The Morgan fingerprint density at radius 2 is 1.90 bits per heavy atom. The van der Waals surface area contributed by atoms with Crippen molar-refractivity contribution in [3.8, 4) is 0 Å². The third-order valence-corrected chi connectivity index (χ3v) is 3.51. The molecule has 0 unspecified atom stereocenters. The summed E-state index contributed by atoms with van der Waals surface area (Å²) < 4.78 is 57.8. The van der Waals surface area contributed by atoms with Crippen LogP contribution in [0, 0.1) is 11.6 Å². The Kier molecular flexibility index (Phi) is 3.79. The van der Waals surface area contributed by atoms with Gasteiger partial charge in [0.05, 0.1) is 0 Å². The van der Waals surface area contributed by atoms with E-state index in [-0.39, 0.29) is 11.4 Å². The average Bonchev–Trinajstić information content (AvgIpc) is 2.76. The highest BCUT2D eigenvalue weighted by Gasteiger charge is 2.18. The highest BCUT2D eigenvalue weighted by Crippen LogP contribution is 2.17. The van der Waals surface area contributed by atoms with Gasteiger partial charge in [-0.2, -0.15) is 8.42 Å². The van der Waals surface area contributed by atoms with Gasteiger partial charge in [-0.3, -0.25) is 9.35 Å². The number of halogens is 2. The molecule has 2 aromatic rings. The fourth-order valence-electron chi connectivity index (χ4n) is 1.67. The minimum Gasteiger partial charge on any atom is -0.345 e.